The van der Waals surface area contributed by atoms with E-state index in [1.54, 1.807) is 6.07 Å². The van der Waals surface area contributed by atoms with Crippen molar-refractivity contribution >= 4 is 0 Å². The predicted octanol–water partition coefficient (Wildman–Crippen LogP) is 2.65. The van der Waals surface area contributed by atoms with Gasteiger partial charge in [0.1, 0.15) is 11.3 Å². The van der Waals surface area contributed by atoms with E-state index < -0.39 is 5.60 Å². The van der Waals surface area contributed by atoms with Gasteiger partial charge in [-0.05, 0) is 51.5 Å². The van der Waals surface area contributed by atoms with Crippen molar-refractivity contribution in [2.75, 3.05) is 0 Å². The first kappa shape index (κ1) is 15.8. The van der Waals surface area contributed by atoms with E-state index in [0.29, 0.717) is 5.69 Å². The number of hydrogen-bond donors (Lipinski definition) is 1. The summed E-state index contributed by atoms with van der Waals surface area (Å²) in [6.07, 6.45) is 7.08. The Bertz CT molecular complexity index is 585. The number of aromatic nitrogens is 2. The van der Waals surface area contributed by atoms with Crippen molar-refractivity contribution in [1.29, 1.82) is 0 Å². The summed E-state index contributed by atoms with van der Waals surface area (Å²) >= 11 is 0. The molecule has 1 aliphatic rings. The van der Waals surface area contributed by atoms with Crippen LogP contribution in [0.1, 0.15) is 70.5 Å². The van der Waals surface area contributed by atoms with Gasteiger partial charge in [-0.3, -0.25) is 4.79 Å². The minimum absolute atomic E-state index is 0.00345. The summed E-state index contributed by atoms with van der Waals surface area (Å²) in [7, 11) is 0. The lowest BCUT2D eigenvalue weighted by atomic mass is 9.87. The van der Waals surface area contributed by atoms with Gasteiger partial charge in [-0.25, -0.2) is 4.68 Å². The normalized spacial score (nSPS) is 18.5. The van der Waals surface area contributed by atoms with Crippen molar-refractivity contribution in [3.63, 3.8) is 0 Å². The summed E-state index contributed by atoms with van der Waals surface area (Å²) in [4.78, 5) is 11.7. The summed E-state index contributed by atoms with van der Waals surface area (Å²) in [6, 6.07) is 3.11. The molecule has 0 bridgehead atoms. The van der Waals surface area contributed by atoms with Gasteiger partial charge in [0.2, 0.25) is 0 Å². The molecule has 0 aromatic carbocycles. The van der Waals surface area contributed by atoms with Crippen LogP contribution in [0.25, 0.3) is 0 Å². The fourth-order valence-corrected chi connectivity index (χ4v) is 2.66. The first-order valence-electron chi connectivity index (χ1n) is 7.86. The molecule has 0 amide bonds. The van der Waals surface area contributed by atoms with E-state index in [1.807, 2.05) is 13.8 Å². The third-order valence-corrected chi connectivity index (χ3v) is 3.92. The maximum absolute atomic E-state index is 11.7. The van der Waals surface area contributed by atoms with Gasteiger partial charge >= 0.3 is 0 Å². The molecule has 1 aromatic heterocycles. The number of aliphatic hydroxyl groups is 1. The fourth-order valence-electron chi connectivity index (χ4n) is 2.66. The van der Waals surface area contributed by atoms with Crippen LogP contribution >= 0.6 is 0 Å². The van der Waals surface area contributed by atoms with Gasteiger partial charge in [0.25, 0.3) is 5.56 Å². The van der Waals surface area contributed by atoms with Crippen LogP contribution in [0.5, 0.6) is 0 Å². The molecular weight excluding hydrogens is 264 g/mol. The van der Waals surface area contributed by atoms with Gasteiger partial charge in [0.15, 0.2) is 0 Å². The first-order valence-corrected chi connectivity index (χ1v) is 7.86. The molecule has 0 aliphatic heterocycles. The third kappa shape index (κ3) is 4.44. The van der Waals surface area contributed by atoms with Crippen LogP contribution in [-0.2, 0) is 0 Å². The van der Waals surface area contributed by atoms with Crippen LogP contribution in [0.3, 0.4) is 0 Å². The maximum Gasteiger partial charge on any atom is 0.267 e. The molecule has 2 rings (SSSR count). The van der Waals surface area contributed by atoms with Crippen LogP contribution in [0, 0.1) is 11.8 Å². The van der Waals surface area contributed by atoms with Gasteiger partial charge in [-0.15, -0.1) is 0 Å². The second kappa shape index (κ2) is 6.91. The van der Waals surface area contributed by atoms with Gasteiger partial charge in [-0.2, -0.15) is 5.10 Å². The minimum atomic E-state index is -0.902. The monoisotopic (exact) mass is 288 g/mol. The highest BCUT2D eigenvalue weighted by molar-refractivity contribution is 5.29. The second-order valence-corrected chi connectivity index (χ2v) is 6.14. The van der Waals surface area contributed by atoms with Gasteiger partial charge < -0.3 is 5.11 Å². The molecule has 0 unspecified atom stereocenters. The van der Waals surface area contributed by atoms with Crippen molar-refractivity contribution in [3.8, 4) is 11.8 Å². The molecule has 0 atom stereocenters. The Balaban J connectivity index is 2.20. The topological polar surface area (TPSA) is 55.1 Å². The van der Waals surface area contributed by atoms with Crippen molar-refractivity contribution in [1.82, 2.24) is 9.78 Å². The summed E-state index contributed by atoms with van der Waals surface area (Å²) in [5.41, 5.74) is -0.486. The summed E-state index contributed by atoms with van der Waals surface area (Å²) in [5.74, 6) is 5.95. The maximum atomic E-state index is 11.7. The SMILES string of the molecule is CC(C)n1nc(C#CC2(O)CCCCCCC2)ccc1=O. The molecule has 0 saturated heterocycles. The minimum Gasteiger partial charge on any atom is -0.378 e. The van der Waals surface area contributed by atoms with Crippen LogP contribution < -0.4 is 5.56 Å². The molecule has 1 saturated carbocycles. The van der Waals surface area contributed by atoms with E-state index in [0.717, 1.165) is 25.7 Å². The molecular formula is C17H24N2O2. The van der Waals surface area contributed by atoms with E-state index in [9.17, 15) is 9.90 Å². The largest absolute Gasteiger partial charge is 0.378 e. The van der Waals surface area contributed by atoms with E-state index >= 15 is 0 Å². The quantitative estimate of drug-likeness (QED) is 0.808. The lowest BCUT2D eigenvalue weighted by Gasteiger charge is -2.24. The Morgan fingerprint density at radius 1 is 1.19 bits per heavy atom. The molecule has 0 radical (unpaired) electrons. The second-order valence-electron chi connectivity index (χ2n) is 6.14. The zero-order valence-corrected chi connectivity index (χ0v) is 12.9. The van der Waals surface area contributed by atoms with Crippen molar-refractivity contribution in [2.24, 2.45) is 0 Å². The van der Waals surface area contributed by atoms with Gasteiger partial charge in [0, 0.05) is 6.07 Å². The highest BCUT2D eigenvalue weighted by Crippen LogP contribution is 2.25. The molecule has 4 nitrogen and oxygen atoms in total. The summed E-state index contributed by atoms with van der Waals surface area (Å²) < 4.78 is 1.42. The Hall–Kier alpha value is -1.60. The van der Waals surface area contributed by atoms with Crippen LogP contribution in [0.2, 0.25) is 0 Å². The standard InChI is InChI=1S/C17H24N2O2/c1-14(2)19-16(20)9-8-15(18-19)10-13-17(21)11-6-4-3-5-7-12-17/h8-9,14,21H,3-7,11-12H2,1-2H3. The van der Waals surface area contributed by atoms with Crippen molar-refractivity contribution in [2.45, 2.75) is 70.4 Å². The van der Waals surface area contributed by atoms with Crippen LogP contribution in [0.4, 0.5) is 0 Å². The Morgan fingerprint density at radius 2 is 1.81 bits per heavy atom. The van der Waals surface area contributed by atoms with E-state index in [2.05, 4.69) is 16.9 Å². The van der Waals surface area contributed by atoms with E-state index in [-0.39, 0.29) is 11.6 Å². The van der Waals surface area contributed by atoms with Crippen LogP contribution in [0.15, 0.2) is 16.9 Å². The molecule has 1 aromatic rings. The molecule has 21 heavy (non-hydrogen) atoms. The van der Waals surface area contributed by atoms with E-state index in [1.165, 1.54) is 30.0 Å². The van der Waals surface area contributed by atoms with Crippen molar-refractivity contribution < 1.29 is 5.11 Å². The molecule has 1 fully saturated rings. The average Bonchev–Trinajstić information content (AvgIpc) is 2.42. The Morgan fingerprint density at radius 3 is 2.43 bits per heavy atom. The highest BCUT2D eigenvalue weighted by atomic mass is 16.3. The molecule has 0 spiro atoms. The molecule has 1 heterocycles. The molecule has 4 heteroatoms. The number of rotatable bonds is 1. The smallest absolute Gasteiger partial charge is 0.267 e. The van der Waals surface area contributed by atoms with Gasteiger partial charge in [-0.1, -0.05) is 25.2 Å². The zero-order chi connectivity index (χ0) is 15.3. The number of hydrogen-bond acceptors (Lipinski definition) is 3. The van der Waals surface area contributed by atoms with Gasteiger partial charge in [0.05, 0.1) is 6.04 Å². The van der Waals surface area contributed by atoms with Crippen LogP contribution in [-0.4, -0.2) is 20.5 Å². The molecule has 1 N–H and O–H groups in total. The summed E-state index contributed by atoms with van der Waals surface area (Å²) in [5, 5.41) is 14.8. The predicted molar refractivity (Wildman–Crippen MR) is 83.0 cm³/mol. The summed E-state index contributed by atoms with van der Waals surface area (Å²) in [6.45, 7) is 3.82. The zero-order valence-electron chi connectivity index (χ0n) is 12.9. The third-order valence-electron chi connectivity index (χ3n) is 3.92. The van der Waals surface area contributed by atoms with Crippen molar-refractivity contribution in [3.05, 3.63) is 28.2 Å². The van der Waals surface area contributed by atoms with E-state index in [4.69, 9.17) is 0 Å². The lowest BCUT2D eigenvalue weighted by Crippen LogP contribution is -2.27. The molecule has 1 aliphatic carbocycles. The Labute approximate surface area is 126 Å². The fraction of sp³-hybridized carbons (Fsp3) is 0.647. The highest BCUT2D eigenvalue weighted by Gasteiger charge is 2.24. The number of nitrogens with zero attached hydrogens (tertiary/aromatic N) is 2. The molecule has 114 valence electrons. The lowest BCUT2D eigenvalue weighted by molar-refractivity contribution is 0.0718. The first-order chi connectivity index (χ1) is 10.0. The average molecular weight is 288 g/mol. The Kier molecular flexibility index (Phi) is 5.19.